The van der Waals surface area contributed by atoms with Crippen LogP contribution in [0.2, 0.25) is 0 Å². The second-order valence-electron chi connectivity index (χ2n) is 7.18. The highest BCUT2D eigenvalue weighted by atomic mass is 16.2. The number of carbonyl (C=O) groups is 4. The Morgan fingerprint density at radius 3 is 1.44 bits per heavy atom. The number of anilines is 2. The van der Waals surface area contributed by atoms with Crippen LogP contribution in [0.4, 0.5) is 11.4 Å². The summed E-state index contributed by atoms with van der Waals surface area (Å²) >= 11 is 0. The van der Waals surface area contributed by atoms with Crippen LogP contribution in [0, 0.1) is 0 Å². The molecule has 0 saturated heterocycles. The number of amides is 4. The largest absolute Gasteiger partial charge is 0.269 e. The van der Waals surface area contributed by atoms with Gasteiger partial charge in [-0.2, -0.15) is 0 Å². The molecule has 2 aliphatic heterocycles. The molecule has 5 rings (SSSR count). The molecule has 0 N–H and O–H groups in total. The van der Waals surface area contributed by atoms with Gasteiger partial charge in [0.05, 0.1) is 17.1 Å². The summed E-state index contributed by atoms with van der Waals surface area (Å²) in [4.78, 5) is 54.3. The first-order chi connectivity index (χ1) is 15.5. The zero-order chi connectivity index (χ0) is 22.2. The molecule has 4 amide bonds. The van der Waals surface area contributed by atoms with E-state index in [0.717, 1.165) is 32.2 Å². The van der Waals surface area contributed by atoms with Gasteiger partial charge in [0.2, 0.25) is 0 Å². The molecule has 0 aliphatic carbocycles. The van der Waals surface area contributed by atoms with Gasteiger partial charge in [-0.1, -0.05) is 30.3 Å². The van der Waals surface area contributed by atoms with Gasteiger partial charge in [0, 0.05) is 41.6 Å². The van der Waals surface area contributed by atoms with E-state index in [1.807, 2.05) is 36.4 Å². The zero-order valence-electron chi connectivity index (χ0n) is 16.6. The minimum Gasteiger partial charge on any atom is -0.269 e. The van der Waals surface area contributed by atoms with E-state index < -0.39 is 0 Å². The molecule has 0 fully saturated rings. The smallest absolute Gasteiger partial charge is 0.258 e. The summed E-state index contributed by atoms with van der Waals surface area (Å²) in [6.07, 6.45) is 6.68. The molecule has 32 heavy (non-hydrogen) atoms. The van der Waals surface area contributed by atoms with Crippen molar-refractivity contribution in [3.63, 3.8) is 0 Å². The van der Waals surface area contributed by atoms with Gasteiger partial charge in [0.1, 0.15) is 0 Å². The van der Waals surface area contributed by atoms with Crippen LogP contribution in [0.25, 0.3) is 22.4 Å². The summed E-state index contributed by atoms with van der Waals surface area (Å²) in [5.74, 6) is -1.47. The average molecular weight is 421 g/mol. The maximum Gasteiger partial charge on any atom is 0.258 e. The Hall–Kier alpha value is -4.65. The first-order valence-electron chi connectivity index (χ1n) is 9.81. The maximum atomic E-state index is 11.9. The van der Waals surface area contributed by atoms with Gasteiger partial charge in [-0.15, -0.1) is 0 Å². The summed E-state index contributed by atoms with van der Waals surface area (Å²) in [6, 6.07) is 17.9. The molecule has 7 nitrogen and oxygen atoms in total. The number of carbonyl (C=O) groups excluding carboxylic acids is 4. The number of benzene rings is 2. The number of hydrogen-bond donors (Lipinski definition) is 0. The molecule has 2 aliphatic rings. The van der Waals surface area contributed by atoms with Crippen LogP contribution in [-0.2, 0) is 19.2 Å². The Kier molecular flexibility index (Phi) is 4.56. The van der Waals surface area contributed by atoms with Gasteiger partial charge in [-0.25, -0.2) is 9.80 Å². The second-order valence-corrected chi connectivity index (χ2v) is 7.18. The van der Waals surface area contributed by atoms with Crippen LogP contribution in [0.1, 0.15) is 0 Å². The van der Waals surface area contributed by atoms with E-state index in [1.165, 1.54) is 24.3 Å². The Balaban J connectivity index is 1.46. The molecule has 7 heteroatoms. The van der Waals surface area contributed by atoms with Gasteiger partial charge in [0.25, 0.3) is 23.6 Å². The highest BCUT2D eigenvalue weighted by molar-refractivity contribution is 6.28. The molecule has 1 aromatic heterocycles. The van der Waals surface area contributed by atoms with Crippen molar-refractivity contribution in [3.8, 4) is 22.4 Å². The van der Waals surface area contributed by atoms with Gasteiger partial charge in [-0.05, 0) is 35.9 Å². The SMILES string of the molecule is O=C1C=CC(=O)N1c1ccc(-c2cccnc2-c2ccc(N3C(=O)C=CC3=O)cc2)cc1. The minimum absolute atomic E-state index is 0.366. The lowest BCUT2D eigenvalue weighted by Crippen LogP contribution is -2.29. The summed E-state index contributed by atoms with van der Waals surface area (Å²) in [7, 11) is 0. The summed E-state index contributed by atoms with van der Waals surface area (Å²) in [5.41, 5.74) is 4.25. The first kappa shape index (κ1) is 19.3. The number of nitrogens with zero attached hydrogens (tertiary/aromatic N) is 3. The molecule has 0 bridgehead atoms. The Morgan fingerprint density at radius 2 is 0.969 bits per heavy atom. The fourth-order valence-corrected chi connectivity index (χ4v) is 3.74. The lowest BCUT2D eigenvalue weighted by atomic mass is 9.99. The van der Waals surface area contributed by atoms with Crippen LogP contribution in [-0.4, -0.2) is 28.6 Å². The van der Waals surface area contributed by atoms with Crippen LogP contribution < -0.4 is 9.80 Å². The highest BCUT2D eigenvalue weighted by Crippen LogP contribution is 2.33. The molecule has 0 saturated carbocycles. The van der Waals surface area contributed by atoms with E-state index in [2.05, 4.69) is 4.98 Å². The molecule has 0 atom stereocenters. The first-order valence-corrected chi connectivity index (χ1v) is 9.81. The van der Waals surface area contributed by atoms with Gasteiger partial charge < -0.3 is 0 Å². The molecule has 0 unspecified atom stereocenters. The quantitative estimate of drug-likeness (QED) is 0.604. The van der Waals surface area contributed by atoms with Gasteiger partial charge in [-0.3, -0.25) is 24.2 Å². The van der Waals surface area contributed by atoms with Crippen molar-refractivity contribution in [2.24, 2.45) is 0 Å². The number of hydrogen-bond acceptors (Lipinski definition) is 5. The van der Waals surface area contributed by atoms with Crippen LogP contribution in [0.3, 0.4) is 0 Å². The van der Waals surface area contributed by atoms with Gasteiger partial charge in [0.15, 0.2) is 0 Å². The molecule has 3 aromatic rings. The minimum atomic E-state index is -0.369. The highest BCUT2D eigenvalue weighted by Gasteiger charge is 2.26. The number of rotatable bonds is 4. The number of aromatic nitrogens is 1. The number of pyridine rings is 1. The van der Waals surface area contributed by atoms with Crippen molar-refractivity contribution >= 4 is 35.0 Å². The molecule has 2 aromatic carbocycles. The molecular formula is C25H15N3O4. The van der Waals surface area contributed by atoms with E-state index in [1.54, 1.807) is 30.5 Å². The van der Waals surface area contributed by atoms with Crippen molar-refractivity contribution in [1.82, 2.24) is 4.98 Å². The molecule has 0 radical (unpaired) electrons. The van der Waals surface area contributed by atoms with E-state index in [0.29, 0.717) is 11.4 Å². The number of imide groups is 2. The topological polar surface area (TPSA) is 87.7 Å². The third kappa shape index (κ3) is 3.22. The monoisotopic (exact) mass is 421 g/mol. The molecule has 3 heterocycles. The van der Waals surface area contributed by atoms with E-state index in [-0.39, 0.29) is 23.6 Å². The normalized spacial score (nSPS) is 15.4. The standard InChI is InChI=1S/C25H15N3O4/c29-21-11-12-22(30)27(21)18-7-3-16(4-8-18)20-2-1-15-26-25(20)17-5-9-19(10-6-17)28-23(31)13-14-24(28)32/h1-15H. The molecule has 0 spiro atoms. The Morgan fingerprint density at radius 1 is 0.531 bits per heavy atom. The fraction of sp³-hybridized carbons (Fsp3) is 0. The average Bonchev–Trinajstić information content (AvgIpc) is 3.34. The maximum absolute atomic E-state index is 11.9. The predicted molar refractivity (Wildman–Crippen MR) is 118 cm³/mol. The second kappa shape index (κ2) is 7.55. The summed E-state index contributed by atoms with van der Waals surface area (Å²) in [6.45, 7) is 0. The van der Waals surface area contributed by atoms with E-state index >= 15 is 0 Å². The van der Waals surface area contributed by atoms with E-state index in [9.17, 15) is 19.2 Å². The van der Waals surface area contributed by atoms with Crippen LogP contribution in [0.15, 0.2) is 91.2 Å². The van der Waals surface area contributed by atoms with Crippen LogP contribution in [0.5, 0.6) is 0 Å². The third-order valence-corrected chi connectivity index (χ3v) is 5.26. The fourth-order valence-electron chi connectivity index (χ4n) is 3.74. The lowest BCUT2D eigenvalue weighted by Gasteiger charge is -2.16. The molecular weight excluding hydrogens is 406 g/mol. The van der Waals surface area contributed by atoms with Crippen LogP contribution >= 0.6 is 0 Å². The lowest BCUT2D eigenvalue weighted by molar-refractivity contribution is -0.121. The zero-order valence-corrected chi connectivity index (χ0v) is 16.6. The predicted octanol–water partition coefficient (Wildman–Crippen LogP) is 3.27. The Labute approximate surface area is 182 Å². The van der Waals surface area contributed by atoms with Crippen molar-refractivity contribution in [1.29, 1.82) is 0 Å². The summed E-state index contributed by atoms with van der Waals surface area (Å²) in [5, 5.41) is 0. The van der Waals surface area contributed by atoms with Crippen molar-refractivity contribution < 1.29 is 19.2 Å². The van der Waals surface area contributed by atoms with Crippen molar-refractivity contribution in [2.75, 3.05) is 9.80 Å². The third-order valence-electron chi connectivity index (χ3n) is 5.26. The van der Waals surface area contributed by atoms with Crippen molar-refractivity contribution in [2.45, 2.75) is 0 Å². The Bertz CT molecular complexity index is 1200. The van der Waals surface area contributed by atoms with Crippen molar-refractivity contribution in [3.05, 3.63) is 91.2 Å². The summed E-state index contributed by atoms with van der Waals surface area (Å²) < 4.78 is 0. The van der Waals surface area contributed by atoms with E-state index in [4.69, 9.17) is 0 Å². The molecule has 154 valence electrons. The van der Waals surface area contributed by atoms with Gasteiger partial charge >= 0.3 is 0 Å².